The van der Waals surface area contributed by atoms with Gasteiger partial charge in [-0.3, -0.25) is 0 Å². The van der Waals surface area contributed by atoms with Gasteiger partial charge in [-0.1, -0.05) is 30.4 Å². The molecule has 1 heteroatoms. The molecule has 0 heterocycles. The zero-order chi connectivity index (χ0) is 12.8. The summed E-state index contributed by atoms with van der Waals surface area (Å²) in [6.07, 6.45) is 13.9. The van der Waals surface area contributed by atoms with Gasteiger partial charge in [-0.25, -0.2) is 0 Å². The molecule has 0 aromatic rings. The highest BCUT2D eigenvalue weighted by Gasteiger charge is 2.17. The first kappa shape index (κ1) is 13.4. The van der Waals surface area contributed by atoms with Gasteiger partial charge >= 0.3 is 0 Å². The predicted molar refractivity (Wildman–Crippen MR) is 76.1 cm³/mol. The van der Waals surface area contributed by atoms with Crippen LogP contribution in [0.3, 0.4) is 0 Å². The van der Waals surface area contributed by atoms with Crippen LogP contribution in [0.15, 0.2) is 22.3 Å². The highest BCUT2D eigenvalue weighted by molar-refractivity contribution is 5.48. The van der Waals surface area contributed by atoms with E-state index in [2.05, 4.69) is 13.0 Å². The summed E-state index contributed by atoms with van der Waals surface area (Å²) in [5.74, 6) is 0. The molecule has 2 aliphatic carbocycles. The third-order valence-electron chi connectivity index (χ3n) is 4.47. The lowest BCUT2D eigenvalue weighted by Gasteiger charge is -2.21. The van der Waals surface area contributed by atoms with E-state index in [1.807, 2.05) is 0 Å². The van der Waals surface area contributed by atoms with Gasteiger partial charge in [-0.05, 0) is 63.9 Å². The Labute approximate surface area is 112 Å². The lowest BCUT2D eigenvalue weighted by Crippen LogP contribution is -2.04. The average molecular weight is 243 g/mol. The van der Waals surface area contributed by atoms with E-state index >= 15 is 0 Å². The van der Waals surface area contributed by atoms with Gasteiger partial charge < -0.3 is 0 Å². The molecular formula is C17H25N. The molecule has 0 spiro atoms. The maximum Gasteiger partial charge on any atom is 0.0994 e. The van der Waals surface area contributed by atoms with Gasteiger partial charge in [0, 0.05) is 0 Å². The molecule has 0 aromatic carbocycles. The van der Waals surface area contributed by atoms with Crippen LogP contribution < -0.4 is 0 Å². The molecule has 0 saturated heterocycles. The predicted octanol–water partition coefficient (Wildman–Crippen LogP) is 5.44. The van der Waals surface area contributed by atoms with Crippen LogP contribution in [0, 0.1) is 11.3 Å². The monoisotopic (exact) mass is 243 g/mol. The van der Waals surface area contributed by atoms with E-state index in [4.69, 9.17) is 0 Å². The Morgan fingerprint density at radius 2 is 1.39 bits per heavy atom. The Hall–Kier alpha value is -1.03. The third kappa shape index (κ3) is 3.25. The average Bonchev–Trinajstić information content (AvgIpc) is 2.34. The van der Waals surface area contributed by atoms with Crippen LogP contribution in [0.1, 0.15) is 77.6 Å². The number of allylic oxidation sites excluding steroid dienone is 4. The van der Waals surface area contributed by atoms with E-state index in [1.165, 1.54) is 80.9 Å². The Balaban J connectivity index is 2.27. The van der Waals surface area contributed by atoms with Gasteiger partial charge in [0.2, 0.25) is 0 Å². The third-order valence-corrected chi connectivity index (χ3v) is 4.47. The minimum absolute atomic E-state index is 1.08. The second-order valence-electron chi connectivity index (χ2n) is 5.82. The fourth-order valence-electron chi connectivity index (χ4n) is 3.34. The van der Waals surface area contributed by atoms with Gasteiger partial charge in [0.1, 0.15) is 0 Å². The van der Waals surface area contributed by atoms with Crippen LogP contribution in [0.5, 0.6) is 0 Å². The molecule has 1 fully saturated rings. The van der Waals surface area contributed by atoms with Crippen molar-refractivity contribution in [3.8, 4) is 6.07 Å². The summed E-state index contributed by atoms with van der Waals surface area (Å²) >= 11 is 0. The van der Waals surface area contributed by atoms with E-state index in [0.29, 0.717) is 0 Å². The lowest BCUT2D eigenvalue weighted by molar-refractivity contribution is 0.565. The van der Waals surface area contributed by atoms with Crippen molar-refractivity contribution in [3.63, 3.8) is 0 Å². The summed E-state index contributed by atoms with van der Waals surface area (Å²) in [5, 5.41) is 9.57. The summed E-state index contributed by atoms with van der Waals surface area (Å²) in [4.78, 5) is 0. The molecule has 98 valence electrons. The van der Waals surface area contributed by atoms with Crippen molar-refractivity contribution in [3.05, 3.63) is 22.3 Å². The zero-order valence-electron chi connectivity index (χ0n) is 11.7. The first-order valence-corrected chi connectivity index (χ1v) is 7.64. The first-order chi connectivity index (χ1) is 8.83. The molecule has 18 heavy (non-hydrogen) atoms. The maximum atomic E-state index is 9.57. The molecule has 0 amide bonds. The molecule has 0 N–H and O–H groups in total. The normalized spacial score (nSPS) is 22.1. The number of hydrogen-bond donors (Lipinski definition) is 0. The standard InChI is InChI=1S/C17H25N/c1-14-9-7-8-12-16(14)17(13-18)15-10-5-3-2-4-6-11-15/h2-12H2,1H3. The van der Waals surface area contributed by atoms with Crippen molar-refractivity contribution < 1.29 is 0 Å². The maximum absolute atomic E-state index is 9.57. The summed E-state index contributed by atoms with van der Waals surface area (Å²) in [6, 6.07) is 2.54. The molecule has 0 radical (unpaired) electrons. The largest absolute Gasteiger partial charge is 0.192 e. The molecule has 0 unspecified atom stereocenters. The van der Waals surface area contributed by atoms with Crippen LogP contribution in [0.25, 0.3) is 0 Å². The van der Waals surface area contributed by atoms with Crippen molar-refractivity contribution >= 4 is 0 Å². The molecule has 0 bridgehead atoms. The Morgan fingerprint density at radius 3 is 2.00 bits per heavy atom. The van der Waals surface area contributed by atoms with Crippen LogP contribution in [0.4, 0.5) is 0 Å². The number of rotatable bonds is 1. The number of nitrogens with zero attached hydrogens (tertiary/aromatic N) is 1. The fraction of sp³-hybridized carbons (Fsp3) is 0.706. The minimum atomic E-state index is 1.08. The highest BCUT2D eigenvalue weighted by Crippen LogP contribution is 2.34. The van der Waals surface area contributed by atoms with Crippen LogP contribution in [0.2, 0.25) is 0 Å². The summed E-state index contributed by atoms with van der Waals surface area (Å²) < 4.78 is 0. The topological polar surface area (TPSA) is 23.8 Å². The van der Waals surface area contributed by atoms with E-state index in [9.17, 15) is 5.26 Å². The van der Waals surface area contributed by atoms with Crippen molar-refractivity contribution in [2.75, 3.05) is 0 Å². The first-order valence-electron chi connectivity index (χ1n) is 7.64. The molecule has 0 aliphatic heterocycles. The van der Waals surface area contributed by atoms with E-state index < -0.39 is 0 Å². The Morgan fingerprint density at radius 1 is 0.833 bits per heavy atom. The Bertz CT molecular complexity index is 382. The van der Waals surface area contributed by atoms with Crippen molar-refractivity contribution in [2.45, 2.75) is 77.6 Å². The van der Waals surface area contributed by atoms with Crippen LogP contribution in [-0.2, 0) is 0 Å². The van der Waals surface area contributed by atoms with Gasteiger partial charge in [0.05, 0.1) is 11.6 Å². The molecule has 0 aromatic heterocycles. The SMILES string of the molecule is CC1=C(C(C#N)=C2CCCCCCC2)CCCC1. The summed E-state index contributed by atoms with van der Waals surface area (Å²) in [5.41, 5.74) is 5.43. The number of hydrogen-bond acceptors (Lipinski definition) is 1. The van der Waals surface area contributed by atoms with Crippen molar-refractivity contribution in [1.29, 1.82) is 5.26 Å². The van der Waals surface area contributed by atoms with E-state index in [0.717, 1.165) is 12.0 Å². The smallest absolute Gasteiger partial charge is 0.0994 e. The van der Waals surface area contributed by atoms with Gasteiger partial charge in [0.15, 0.2) is 0 Å². The highest BCUT2D eigenvalue weighted by atomic mass is 14.3. The molecular weight excluding hydrogens is 218 g/mol. The molecule has 2 aliphatic rings. The Kier molecular flexibility index (Phi) is 5.05. The van der Waals surface area contributed by atoms with Gasteiger partial charge in [-0.2, -0.15) is 5.26 Å². The van der Waals surface area contributed by atoms with Gasteiger partial charge in [0.25, 0.3) is 0 Å². The summed E-state index contributed by atoms with van der Waals surface area (Å²) in [7, 11) is 0. The van der Waals surface area contributed by atoms with Crippen LogP contribution in [-0.4, -0.2) is 0 Å². The van der Waals surface area contributed by atoms with E-state index in [-0.39, 0.29) is 0 Å². The minimum Gasteiger partial charge on any atom is -0.192 e. The van der Waals surface area contributed by atoms with Crippen molar-refractivity contribution in [1.82, 2.24) is 0 Å². The second-order valence-corrected chi connectivity index (χ2v) is 5.82. The second kappa shape index (κ2) is 6.78. The van der Waals surface area contributed by atoms with E-state index in [1.54, 1.807) is 0 Å². The molecule has 1 nitrogen and oxygen atoms in total. The van der Waals surface area contributed by atoms with Crippen molar-refractivity contribution in [2.24, 2.45) is 0 Å². The van der Waals surface area contributed by atoms with Crippen LogP contribution >= 0.6 is 0 Å². The molecule has 0 atom stereocenters. The molecule has 1 saturated carbocycles. The van der Waals surface area contributed by atoms with Gasteiger partial charge in [-0.15, -0.1) is 0 Å². The zero-order valence-corrected chi connectivity index (χ0v) is 11.7. The fourth-order valence-corrected chi connectivity index (χ4v) is 3.34. The summed E-state index contributed by atoms with van der Waals surface area (Å²) in [6.45, 7) is 2.23. The lowest BCUT2D eigenvalue weighted by atomic mass is 9.83. The molecule has 2 rings (SSSR count). The number of nitriles is 1. The quantitative estimate of drug-likeness (QED) is 0.562.